The molecule has 0 unspecified atom stereocenters. The van der Waals surface area contributed by atoms with Crippen LogP contribution in [0.4, 0.5) is 0 Å². The molecule has 1 aromatic rings. The molecule has 0 radical (unpaired) electrons. The predicted octanol–water partition coefficient (Wildman–Crippen LogP) is 2.36. The minimum Gasteiger partial charge on any atom is -0.491 e. The van der Waals surface area contributed by atoms with Gasteiger partial charge in [-0.3, -0.25) is 0 Å². The third kappa shape index (κ3) is 6.57. The first kappa shape index (κ1) is 16.0. The maximum absolute atomic E-state index is 5.68. The Balaban J connectivity index is 2.03. The summed E-state index contributed by atoms with van der Waals surface area (Å²) in [7, 11) is 1.66. The first-order chi connectivity index (χ1) is 9.25. The van der Waals surface area contributed by atoms with Gasteiger partial charge in [0.05, 0.1) is 33.0 Å². The molecule has 0 aromatic heterocycles. The lowest BCUT2D eigenvalue weighted by atomic mass is 10.1. The Morgan fingerprint density at radius 2 is 1.47 bits per heavy atom. The van der Waals surface area contributed by atoms with Gasteiger partial charge in [0.1, 0.15) is 12.4 Å². The lowest BCUT2D eigenvalue weighted by Crippen LogP contribution is -2.12. The minimum absolute atomic E-state index is 0.558. The number of hydrogen-bond acceptors (Lipinski definition) is 4. The number of rotatable bonds is 10. The van der Waals surface area contributed by atoms with Crippen molar-refractivity contribution in [1.82, 2.24) is 0 Å². The number of benzene rings is 1. The summed E-state index contributed by atoms with van der Waals surface area (Å²) in [4.78, 5) is 0. The van der Waals surface area contributed by atoms with Gasteiger partial charge in [-0.1, -0.05) is 12.1 Å². The first-order valence-electron chi connectivity index (χ1n) is 6.59. The van der Waals surface area contributed by atoms with Crippen LogP contribution in [0.5, 0.6) is 5.75 Å². The Morgan fingerprint density at radius 1 is 0.842 bits per heavy atom. The van der Waals surface area contributed by atoms with Crippen molar-refractivity contribution in [3.05, 3.63) is 29.3 Å². The smallest absolute Gasteiger partial charge is 0.122 e. The third-order valence-electron chi connectivity index (χ3n) is 2.84. The highest BCUT2D eigenvalue weighted by atomic mass is 16.6. The molecule has 0 atom stereocenters. The highest BCUT2D eigenvalue weighted by Crippen LogP contribution is 2.20. The summed E-state index contributed by atoms with van der Waals surface area (Å²) in [6.07, 6.45) is 0. The lowest BCUT2D eigenvalue weighted by molar-refractivity contribution is 0.0179. The number of methoxy groups -OCH3 is 1. The van der Waals surface area contributed by atoms with E-state index < -0.39 is 0 Å². The maximum Gasteiger partial charge on any atom is 0.122 e. The zero-order chi connectivity index (χ0) is 13.9. The highest BCUT2D eigenvalue weighted by molar-refractivity contribution is 5.38. The zero-order valence-electron chi connectivity index (χ0n) is 12.1. The van der Waals surface area contributed by atoms with Gasteiger partial charge in [0.15, 0.2) is 0 Å². The van der Waals surface area contributed by atoms with Crippen molar-refractivity contribution in [2.24, 2.45) is 0 Å². The largest absolute Gasteiger partial charge is 0.491 e. The van der Waals surface area contributed by atoms with E-state index in [1.165, 1.54) is 11.1 Å². The number of aryl methyl sites for hydroxylation is 1. The molecule has 0 bridgehead atoms. The van der Waals surface area contributed by atoms with E-state index >= 15 is 0 Å². The highest BCUT2D eigenvalue weighted by Gasteiger charge is 2.01. The van der Waals surface area contributed by atoms with E-state index in [9.17, 15) is 0 Å². The van der Waals surface area contributed by atoms with Gasteiger partial charge in [0.25, 0.3) is 0 Å². The van der Waals surface area contributed by atoms with Gasteiger partial charge in [0, 0.05) is 7.11 Å². The quantitative estimate of drug-likeness (QED) is 0.610. The van der Waals surface area contributed by atoms with Gasteiger partial charge < -0.3 is 18.9 Å². The van der Waals surface area contributed by atoms with Crippen molar-refractivity contribution in [2.75, 3.05) is 46.8 Å². The van der Waals surface area contributed by atoms with E-state index in [0.717, 1.165) is 5.75 Å². The molecule has 0 heterocycles. The van der Waals surface area contributed by atoms with E-state index in [1.807, 2.05) is 12.1 Å². The minimum atomic E-state index is 0.558. The Labute approximate surface area is 115 Å². The van der Waals surface area contributed by atoms with Crippen molar-refractivity contribution >= 4 is 0 Å². The molecule has 4 nitrogen and oxygen atoms in total. The van der Waals surface area contributed by atoms with Crippen LogP contribution in [-0.4, -0.2) is 46.8 Å². The Kier molecular flexibility index (Phi) is 8.21. The molecular formula is C15H24O4. The molecule has 0 fully saturated rings. The molecule has 19 heavy (non-hydrogen) atoms. The van der Waals surface area contributed by atoms with Crippen molar-refractivity contribution in [1.29, 1.82) is 0 Å². The molecule has 0 saturated carbocycles. The Morgan fingerprint density at radius 3 is 2.16 bits per heavy atom. The van der Waals surface area contributed by atoms with Crippen LogP contribution in [0.2, 0.25) is 0 Å². The summed E-state index contributed by atoms with van der Waals surface area (Å²) < 4.78 is 21.2. The fourth-order valence-corrected chi connectivity index (χ4v) is 1.56. The monoisotopic (exact) mass is 268 g/mol. The van der Waals surface area contributed by atoms with Gasteiger partial charge >= 0.3 is 0 Å². The molecule has 1 aromatic carbocycles. The second-order valence-corrected chi connectivity index (χ2v) is 4.26. The lowest BCUT2D eigenvalue weighted by Gasteiger charge is -2.11. The average molecular weight is 268 g/mol. The van der Waals surface area contributed by atoms with Crippen LogP contribution in [0.15, 0.2) is 18.2 Å². The Hall–Kier alpha value is -1.10. The summed E-state index contributed by atoms with van der Waals surface area (Å²) in [5, 5.41) is 0. The molecule has 108 valence electrons. The molecule has 1 rings (SSSR count). The molecule has 0 N–H and O–H groups in total. The Bertz CT molecular complexity index is 352. The third-order valence-corrected chi connectivity index (χ3v) is 2.84. The van der Waals surface area contributed by atoms with Crippen molar-refractivity contribution in [2.45, 2.75) is 13.8 Å². The van der Waals surface area contributed by atoms with E-state index in [-0.39, 0.29) is 0 Å². The molecule has 0 saturated heterocycles. The van der Waals surface area contributed by atoms with Crippen LogP contribution < -0.4 is 4.74 Å². The standard InChI is InChI=1S/C15H24O4/c1-13-5-4-6-15(14(13)2)19-12-11-18-10-9-17-8-7-16-3/h4-6H,7-12H2,1-3H3. The van der Waals surface area contributed by atoms with Gasteiger partial charge in [-0.15, -0.1) is 0 Å². The maximum atomic E-state index is 5.68. The van der Waals surface area contributed by atoms with Crippen molar-refractivity contribution in [3.8, 4) is 5.75 Å². The normalized spacial score (nSPS) is 10.7. The van der Waals surface area contributed by atoms with Crippen LogP contribution in [0.1, 0.15) is 11.1 Å². The summed E-state index contributed by atoms with van der Waals surface area (Å²) in [5.41, 5.74) is 2.43. The van der Waals surface area contributed by atoms with Gasteiger partial charge in [-0.05, 0) is 31.0 Å². The number of hydrogen-bond donors (Lipinski definition) is 0. The summed E-state index contributed by atoms with van der Waals surface area (Å²) in [6.45, 7) is 7.68. The molecule has 0 aliphatic heterocycles. The second kappa shape index (κ2) is 9.78. The fourth-order valence-electron chi connectivity index (χ4n) is 1.56. The SMILES string of the molecule is COCCOCCOCCOc1cccc(C)c1C. The van der Waals surface area contributed by atoms with Crippen molar-refractivity contribution in [3.63, 3.8) is 0 Å². The van der Waals surface area contributed by atoms with Crippen molar-refractivity contribution < 1.29 is 18.9 Å². The van der Waals surface area contributed by atoms with Crippen LogP contribution in [0.3, 0.4) is 0 Å². The topological polar surface area (TPSA) is 36.9 Å². The second-order valence-electron chi connectivity index (χ2n) is 4.26. The summed E-state index contributed by atoms with van der Waals surface area (Å²) >= 11 is 0. The molecular weight excluding hydrogens is 244 g/mol. The van der Waals surface area contributed by atoms with Crippen LogP contribution in [0.25, 0.3) is 0 Å². The molecule has 0 aliphatic rings. The molecule has 0 amide bonds. The summed E-state index contributed by atoms with van der Waals surface area (Å²) in [5.74, 6) is 0.931. The van der Waals surface area contributed by atoms with Gasteiger partial charge in [-0.25, -0.2) is 0 Å². The van der Waals surface area contributed by atoms with Crippen LogP contribution in [-0.2, 0) is 14.2 Å². The predicted molar refractivity (Wildman–Crippen MR) is 74.9 cm³/mol. The number of ether oxygens (including phenoxy) is 4. The van der Waals surface area contributed by atoms with Gasteiger partial charge in [-0.2, -0.15) is 0 Å². The van der Waals surface area contributed by atoms with E-state index in [2.05, 4.69) is 19.9 Å². The zero-order valence-corrected chi connectivity index (χ0v) is 12.1. The first-order valence-corrected chi connectivity index (χ1v) is 6.59. The van der Waals surface area contributed by atoms with E-state index in [1.54, 1.807) is 7.11 Å². The summed E-state index contributed by atoms with van der Waals surface area (Å²) in [6, 6.07) is 6.06. The molecule has 0 aliphatic carbocycles. The van der Waals surface area contributed by atoms with Gasteiger partial charge in [0.2, 0.25) is 0 Å². The fraction of sp³-hybridized carbons (Fsp3) is 0.600. The van der Waals surface area contributed by atoms with E-state index in [0.29, 0.717) is 39.6 Å². The van der Waals surface area contributed by atoms with Crippen LogP contribution in [0, 0.1) is 13.8 Å². The molecule has 4 heteroatoms. The molecule has 0 spiro atoms. The average Bonchev–Trinajstić information content (AvgIpc) is 2.41. The van der Waals surface area contributed by atoms with Crippen LogP contribution >= 0.6 is 0 Å². The van der Waals surface area contributed by atoms with E-state index in [4.69, 9.17) is 18.9 Å².